The molecule has 104 valence electrons. The van der Waals surface area contributed by atoms with Crippen LogP contribution in [-0.4, -0.2) is 15.0 Å². The van der Waals surface area contributed by atoms with Crippen LogP contribution in [0.15, 0.2) is 61.3 Å². The highest BCUT2D eigenvalue weighted by Gasteiger charge is 2.02. The summed E-state index contributed by atoms with van der Waals surface area (Å²) >= 11 is 0. The molecule has 3 heteroatoms. The number of pyridine rings is 3. The third-order valence-electron chi connectivity index (χ3n) is 3.36. The number of rotatable bonds is 4. The number of hydrogen-bond acceptors (Lipinski definition) is 3. The predicted octanol–water partition coefficient (Wildman–Crippen LogP) is 3.36. The molecule has 0 atom stereocenters. The summed E-state index contributed by atoms with van der Waals surface area (Å²) in [6.07, 6.45) is 11.0. The van der Waals surface area contributed by atoms with Gasteiger partial charge in [0.25, 0.3) is 0 Å². The molecule has 0 unspecified atom stereocenters. The minimum absolute atomic E-state index is 0.818. The molecule has 3 aromatic rings. The third kappa shape index (κ3) is 3.72. The van der Waals surface area contributed by atoms with Crippen molar-refractivity contribution in [3.05, 3.63) is 89.3 Å². The summed E-state index contributed by atoms with van der Waals surface area (Å²) in [5.74, 6) is 0. The van der Waals surface area contributed by atoms with Gasteiger partial charge in [-0.15, -0.1) is 0 Å². The average molecular weight is 275 g/mol. The van der Waals surface area contributed by atoms with Crippen LogP contribution in [-0.2, 0) is 12.8 Å². The van der Waals surface area contributed by atoms with Crippen molar-refractivity contribution in [1.29, 1.82) is 0 Å². The van der Waals surface area contributed by atoms with Gasteiger partial charge in [-0.05, 0) is 59.9 Å². The minimum atomic E-state index is 0.818. The van der Waals surface area contributed by atoms with Gasteiger partial charge in [-0.1, -0.05) is 6.07 Å². The summed E-state index contributed by atoms with van der Waals surface area (Å²) in [7, 11) is 0. The zero-order valence-corrected chi connectivity index (χ0v) is 12.0. The number of nitrogens with zero attached hydrogens (tertiary/aromatic N) is 3. The standard InChI is InChI=1S/C18H17N3/c1-14-8-17(13-20-12-14)11-18-10-16(4-7-21-18)9-15-2-5-19-6-3-15/h2-8,10,12-13H,9,11H2,1H3. The predicted molar refractivity (Wildman–Crippen MR) is 83.1 cm³/mol. The van der Waals surface area contributed by atoms with Crippen molar-refractivity contribution >= 4 is 0 Å². The van der Waals surface area contributed by atoms with Crippen molar-refractivity contribution in [2.45, 2.75) is 19.8 Å². The van der Waals surface area contributed by atoms with Gasteiger partial charge in [0.2, 0.25) is 0 Å². The van der Waals surface area contributed by atoms with E-state index in [1.807, 2.05) is 43.1 Å². The fraction of sp³-hybridized carbons (Fsp3) is 0.167. The average Bonchev–Trinajstić information content (AvgIpc) is 2.49. The molecule has 21 heavy (non-hydrogen) atoms. The van der Waals surface area contributed by atoms with E-state index in [4.69, 9.17) is 0 Å². The summed E-state index contributed by atoms with van der Waals surface area (Å²) < 4.78 is 0. The maximum atomic E-state index is 4.47. The molecule has 0 spiro atoms. The van der Waals surface area contributed by atoms with Crippen LogP contribution in [0.5, 0.6) is 0 Å². The maximum absolute atomic E-state index is 4.47. The van der Waals surface area contributed by atoms with Gasteiger partial charge in [0.1, 0.15) is 0 Å². The van der Waals surface area contributed by atoms with Crippen LogP contribution in [0.4, 0.5) is 0 Å². The Kier molecular flexibility index (Phi) is 4.01. The highest BCUT2D eigenvalue weighted by atomic mass is 14.7. The highest BCUT2D eigenvalue weighted by molar-refractivity contribution is 5.28. The molecule has 0 saturated heterocycles. The number of aryl methyl sites for hydroxylation is 1. The zero-order chi connectivity index (χ0) is 14.5. The van der Waals surface area contributed by atoms with E-state index in [0.29, 0.717) is 0 Å². The van der Waals surface area contributed by atoms with E-state index < -0.39 is 0 Å². The zero-order valence-electron chi connectivity index (χ0n) is 12.0. The van der Waals surface area contributed by atoms with Crippen LogP contribution < -0.4 is 0 Å². The Bertz CT molecular complexity index is 723. The molecule has 0 radical (unpaired) electrons. The Hall–Kier alpha value is -2.55. The first-order valence-corrected chi connectivity index (χ1v) is 7.03. The van der Waals surface area contributed by atoms with Gasteiger partial charge in [-0.25, -0.2) is 0 Å². The summed E-state index contributed by atoms with van der Waals surface area (Å²) in [5.41, 5.74) is 5.99. The van der Waals surface area contributed by atoms with E-state index in [1.165, 1.54) is 22.3 Å². The van der Waals surface area contributed by atoms with Gasteiger partial charge >= 0.3 is 0 Å². The van der Waals surface area contributed by atoms with Crippen LogP contribution in [0.25, 0.3) is 0 Å². The summed E-state index contributed by atoms with van der Waals surface area (Å²) in [6, 6.07) is 10.5. The molecule has 0 aliphatic carbocycles. The van der Waals surface area contributed by atoms with E-state index in [2.05, 4.69) is 40.1 Å². The molecule has 3 heterocycles. The molecular weight excluding hydrogens is 258 g/mol. The summed E-state index contributed by atoms with van der Waals surface area (Å²) in [4.78, 5) is 12.8. The topological polar surface area (TPSA) is 38.7 Å². The quantitative estimate of drug-likeness (QED) is 0.733. The van der Waals surface area contributed by atoms with Crippen LogP contribution in [0, 0.1) is 6.92 Å². The molecule has 0 N–H and O–H groups in total. The Labute approximate surface area is 124 Å². The van der Waals surface area contributed by atoms with Gasteiger partial charge in [-0.2, -0.15) is 0 Å². The highest BCUT2D eigenvalue weighted by Crippen LogP contribution is 2.12. The molecule has 0 bridgehead atoms. The van der Waals surface area contributed by atoms with Crippen molar-refractivity contribution in [3.8, 4) is 0 Å². The smallest absolute Gasteiger partial charge is 0.0450 e. The van der Waals surface area contributed by atoms with E-state index in [0.717, 1.165) is 18.5 Å². The van der Waals surface area contributed by atoms with Crippen LogP contribution in [0.1, 0.15) is 27.9 Å². The largest absolute Gasteiger partial charge is 0.265 e. The third-order valence-corrected chi connectivity index (χ3v) is 3.36. The Morgan fingerprint density at radius 2 is 1.57 bits per heavy atom. The van der Waals surface area contributed by atoms with Gasteiger partial charge in [0.05, 0.1) is 0 Å². The second-order valence-electron chi connectivity index (χ2n) is 5.23. The molecule has 0 aliphatic heterocycles. The van der Waals surface area contributed by atoms with Gasteiger partial charge in [0, 0.05) is 43.1 Å². The van der Waals surface area contributed by atoms with Gasteiger partial charge in [-0.3, -0.25) is 15.0 Å². The lowest BCUT2D eigenvalue weighted by atomic mass is 10.0. The van der Waals surface area contributed by atoms with Gasteiger partial charge in [0.15, 0.2) is 0 Å². The first-order chi connectivity index (χ1) is 10.3. The second kappa shape index (κ2) is 6.27. The van der Waals surface area contributed by atoms with Crippen LogP contribution in [0.3, 0.4) is 0 Å². The molecule has 0 amide bonds. The van der Waals surface area contributed by atoms with Crippen molar-refractivity contribution in [2.75, 3.05) is 0 Å². The van der Waals surface area contributed by atoms with Crippen molar-refractivity contribution < 1.29 is 0 Å². The van der Waals surface area contributed by atoms with E-state index in [9.17, 15) is 0 Å². The second-order valence-corrected chi connectivity index (χ2v) is 5.23. The normalized spacial score (nSPS) is 10.5. The number of hydrogen-bond donors (Lipinski definition) is 0. The van der Waals surface area contributed by atoms with Crippen molar-refractivity contribution in [3.63, 3.8) is 0 Å². The lowest BCUT2D eigenvalue weighted by Gasteiger charge is -2.05. The summed E-state index contributed by atoms with van der Waals surface area (Å²) in [6.45, 7) is 2.06. The Balaban J connectivity index is 1.77. The molecule has 3 aromatic heterocycles. The SMILES string of the molecule is Cc1cncc(Cc2cc(Cc3ccncc3)ccn2)c1. The Morgan fingerprint density at radius 1 is 0.762 bits per heavy atom. The van der Waals surface area contributed by atoms with Crippen molar-refractivity contribution in [2.24, 2.45) is 0 Å². The first kappa shape index (κ1) is 13.4. The van der Waals surface area contributed by atoms with Gasteiger partial charge < -0.3 is 0 Å². The molecule has 0 aliphatic rings. The molecule has 0 fully saturated rings. The van der Waals surface area contributed by atoms with Crippen LogP contribution in [0.2, 0.25) is 0 Å². The Morgan fingerprint density at radius 3 is 2.38 bits per heavy atom. The van der Waals surface area contributed by atoms with Crippen LogP contribution >= 0.6 is 0 Å². The van der Waals surface area contributed by atoms with Crippen molar-refractivity contribution in [1.82, 2.24) is 15.0 Å². The monoisotopic (exact) mass is 275 g/mol. The van der Waals surface area contributed by atoms with E-state index in [1.54, 1.807) is 0 Å². The number of aromatic nitrogens is 3. The molecular formula is C18H17N3. The maximum Gasteiger partial charge on any atom is 0.0450 e. The molecule has 3 nitrogen and oxygen atoms in total. The molecule has 0 saturated carbocycles. The lowest BCUT2D eigenvalue weighted by Crippen LogP contribution is -1.96. The lowest BCUT2D eigenvalue weighted by molar-refractivity contribution is 1.03. The van der Waals surface area contributed by atoms with E-state index in [-0.39, 0.29) is 0 Å². The van der Waals surface area contributed by atoms with E-state index >= 15 is 0 Å². The molecule has 0 aromatic carbocycles. The molecule has 3 rings (SSSR count). The fourth-order valence-electron chi connectivity index (χ4n) is 2.39. The summed E-state index contributed by atoms with van der Waals surface area (Å²) in [5, 5.41) is 0. The minimum Gasteiger partial charge on any atom is -0.265 e. The fourth-order valence-corrected chi connectivity index (χ4v) is 2.39. The first-order valence-electron chi connectivity index (χ1n) is 7.03.